The molecule has 0 aromatic heterocycles. The highest BCUT2D eigenvalue weighted by Crippen LogP contribution is 2.39. The Bertz CT molecular complexity index is 1390. The molecule has 0 unspecified atom stereocenters. The first-order valence-corrected chi connectivity index (χ1v) is 16.9. The molecule has 1 aromatic rings. The minimum absolute atomic E-state index is 0.402. The average Bonchev–Trinajstić information content (AvgIpc) is 3.51. The van der Waals surface area contributed by atoms with Gasteiger partial charge in [0.2, 0.25) is 0 Å². The maximum atomic E-state index is 10.5. The summed E-state index contributed by atoms with van der Waals surface area (Å²) in [4.78, 5) is 12.0. The number of aliphatic imine (C=N–C) groups is 1. The Kier molecular flexibility index (Phi) is 11.7. The number of hydrogen-bond donors (Lipinski definition) is 2. The van der Waals surface area contributed by atoms with Gasteiger partial charge in [-0.15, -0.1) is 0 Å². The summed E-state index contributed by atoms with van der Waals surface area (Å²) in [7, 11) is 0. The lowest BCUT2D eigenvalue weighted by Gasteiger charge is -2.42. The Morgan fingerprint density at radius 3 is 2.24 bits per heavy atom. The van der Waals surface area contributed by atoms with Crippen molar-refractivity contribution in [3.8, 4) is 0 Å². The van der Waals surface area contributed by atoms with Crippen molar-refractivity contribution in [2.45, 2.75) is 106 Å². The third kappa shape index (κ3) is 9.11. The predicted molar refractivity (Wildman–Crippen MR) is 191 cm³/mol. The molecule has 0 radical (unpaired) electrons. The Hall–Kier alpha value is -3.35. The highest BCUT2D eigenvalue weighted by atomic mass is 16.3. The first kappa shape index (κ1) is 34.5. The Labute approximate surface area is 273 Å². The van der Waals surface area contributed by atoms with Gasteiger partial charge in [-0.25, -0.2) is 0 Å². The van der Waals surface area contributed by atoms with Crippen molar-refractivity contribution in [2.24, 2.45) is 4.99 Å². The summed E-state index contributed by atoms with van der Waals surface area (Å²) in [5.74, 6) is 1.96. The number of piperazine rings is 1. The number of hydrogen-bond acceptors (Lipinski definition) is 5. The molecule has 2 N–H and O–H groups in total. The molecule has 4 rings (SSSR count). The van der Waals surface area contributed by atoms with E-state index in [1.54, 1.807) is 0 Å². The maximum Gasteiger partial charge on any atom is 0.116 e. The molecule has 3 aliphatic rings. The number of benzene rings is 1. The normalized spacial score (nSPS) is 20.2. The number of amidine groups is 1. The predicted octanol–water partition coefficient (Wildman–Crippen LogP) is 8.27. The van der Waals surface area contributed by atoms with Crippen molar-refractivity contribution in [3.05, 3.63) is 100 Å². The van der Waals surface area contributed by atoms with Gasteiger partial charge in [0.05, 0.1) is 17.6 Å². The quantitative estimate of drug-likeness (QED) is 0.158. The van der Waals surface area contributed by atoms with E-state index in [2.05, 4.69) is 117 Å². The van der Waals surface area contributed by atoms with Crippen LogP contribution in [0.4, 0.5) is 0 Å². The van der Waals surface area contributed by atoms with Crippen LogP contribution in [0.3, 0.4) is 0 Å². The van der Waals surface area contributed by atoms with Gasteiger partial charge in [-0.05, 0) is 109 Å². The van der Waals surface area contributed by atoms with Crippen LogP contribution in [-0.2, 0) is 0 Å². The fourth-order valence-corrected chi connectivity index (χ4v) is 6.49. The molecule has 1 aromatic carbocycles. The summed E-state index contributed by atoms with van der Waals surface area (Å²) < 4.78 is 0. The van der Waals surface area contributed by atoms with Crippen molar-refractivity contribution < 1.29 is 5.11 Å². The smallest absolute Gasteiger partial charge is 0.116 e. The fourth-order valence-electron chi connectivity index (χ4n) is 6.49. The molecular weight excluding hydrogens is 554 g/mol. The number of allylic oxidation sites excluding steroid dienone is 7. The van der Waals surface area contributed by atoms with E-state index in [1.165, 1.54) is 59.2 Å². The van der Waals surface area contributed by atoms with Crippen molar-refractivity contribution >= 4 is 11.5 Å². The zero-order valence-corrected chi connectivity index (χ0v) is 29.2. The van der Waals surface area contributed by atoms with Crippen LogP contribution in [0.5, 0.6) is 0 Å². The van der Waals surface area contributed by atoms with Crippen molar-refractivity contribution in [1.82, 2.24) is 20.0 Å². The first-order valence-electron chi connectivity index (χ1n) is 16.9. The number of aryl methyl sites for hydroxylation is 1. The molecule has 244 valence electrons. The van der Waals surface area contributed by atoms with E-state index in [-0.39, 0.29) is 0 Å². The molecule has 1 saturated carbocycles. The lowest BCUT2D eigenvalue weighted by Crippen LogP contribution is -2.54. The lowest BCUT2D eigenvalue weighted by atomic mass is 9.93. The molecule has 0 amide bonds. The van der Waals surface area contributed by atoms with E-state index in [0.717, 1.165) is 62.1 Å². The Morgan fingerprint density at radius 2 is 1.64 bits per heavy atom. The second-order valence-corrected chi connectivity index (χ2v) is 13.7. The first-order chi connectivity index (χ1) is 21.4. The fraction of sp³-hybridized carbons (Fsp3) is 0.513. The van der Waals surface area contributed by atoms with Gasteiger partial charge in [0.1, 0.15) is 11.5 Å². The minimum atomic E-state index is -0.802. The minimum Gasteiger partial charge on any atom is -0.376 e. The SMILES string of the molecule is C=C(/C=C\C1=C(C)CC(C)=C(c2ccc(C)cc2)N1/C(=C/C=C(\C)CC)NC(C)=NC1CCCC1)N1CCN(C(C)(C)O)CC1. The molecule has 2 heterocycles. The molecule has 0 atom stereocenters. The summed E-state index contributed by atoms with van der Waals surface area (Å²) in [6.07, 6.45) is 15.7. The second kappa shape index (κ2) is 15.3. The van der Waals surface area contributed by atoms with Gasteiger partial charge in [0, 0.05) is 37.6 Å². The van der Waals surface area contributed by atoms with Gasteiger partial charge in [-0.1, -0.05) is 67.8 Å². The summed E-state index contributed by atoms with van der Waals surface area (Å²) in [5, 5.41) is 14.2. The third-order valence-corrected chi connectivity index (χ3v) is 9.39. The average molecular weight is 612 g/mol. The van der Waals surface area contributed by atoms with E-state index in [4.69, 9.17) is 4.99 Å². The van der Waals surface area contributed by atoms with Gasteiger partial charge in [-0.2, -0.15) is 0 Å². The molecule has 45 heavy (non-hydrogen) atoms. The molecular formula is C39H57N5O. The van der Waals surface area contributed by atoms with Gasteiger partial charge in [0.15, 0.2) is 0 Å². The standard InChI is InChI=1S/C39H57N5O/c1-10-28(2)17-22-37(41-33(7)40-35-13-11-12-14-35)44-36(21-18-32(6)42-23-25-43(26-24-42)39(8,9)45)30(4)27-31(5)38(44)34-19-15-29(3)16-20-34/h15-22,35,45H,6,10-14,23-27H2,1-5,7-9H3,(H,40,41)/b21-18-,28-17+,37-22+. The monoisotopic (exact) mass is 611 g/mol. The largest absolute Gasteiger partial charge is 0.376 e. The molecule has 6 heteroatoms. The molecule has 0 spiro atoms. The van der Waals surface area contributed by atoms with Crippen LogP contribution >= 0.6 is 0 Å². The highest BCUT2D eigenvalue weighted by molar-refractivity contribution is 5.83. The van der Waals surface area contributed by atoms with Crippen molar-refractivity contribution in [3.63, 3.8) is 0 Å². The number of rotatable bonds is 10. The van der Waals surface area contributed by atoms with Crippen molar-refractivity contribution in [2.75, 3.05) is 26.2 Å². The number of nitrogens with zero attached hydrogens (tertiary/aromatic N) is 4. The number of aliphatic hydroxyl groups is 1. The number of nitrogens with one attached hydrogen (secondary N) is 1. The molecule has 1 saturated heterocycles. The molecule has 0 bridgehead atoms. The van der Waals surface area contributed by atoms with E-state index in [9.17, 15) is 5.11 Å². The Morgan fingerprint density at radius 1 is 1.00 bits per heavy atom. The molecule has 1 aliphatic carbocycles. The van der Waals surface area contributed by atoms with Gasteiger partial charge >= 0.3 is 0 Å². The Balaban J connectivity index is 1.74. The summed E-state index contributed by atoms with van der Waals surface area (Å²) in [6, 6.07) is 9.30. The topological polar surface area (TPSA) is 54.3 Å². The summed E-state index contributed by atoms with van der Waals surface area (Å²) in [5.41, 5.74) is 8.98. The van der Waals surface area contributed by atoms with Gasteiger partial charge in [-0.3, -0.25) is 14.8 Å². The van der Waals surface area contributed by atoms with E-state index in [1.807, 2.05) is 13.8 Å². The molecule has 2 aliphatic heterocycles. The van der Waals surface area contributed by atoms with Crippen molar-refractivity contribution in [1.29, 1.82) is 0 Å². The highest BCUT2D eigenvalue weighted by Gasteiger charge is 2.29. The maximum absolute atomic E-state index is 10.5. The van der Waals surface area contributed by atoms with Gasteiger partial charge < -0.3 is 15.3 Å². The second-order valence-electron chi connectivity index (χ2n) is 13.7. The van der Waals surface area contributed by atoms with Crippen LogP contribution in [0.1, 0.15) is 98.1 Å². The van der Waals surface area contributed by atoms with E-state index >= 15 is 0 Å². The van der Waals surface area contributed by atoms with Crippen LogP contribution < -0.4 is 5.32 Å². The van der Waals surface area contributed by atoms with E-state index < -0.39 is 5.72 Å². The van der Waals surface area contributed by atoms with Crippen LogP contribution in [0.25, 0.3) is 5.70 Å². The summed E-state index contributed by atoms with van der Waals surface area (Å²) >= 11 is 0. The van der Waals surface area contributed by atoms with Gasteiger partial charge in [0.25, 0.3) is 0 Å². The van der Waals surface area contributed by atoms with Crippen LogP contribution in [-0.4, -0.2) is 63.6 Å². The lowest BCUT2D eigenvalue weighted by molar-refractivity contribution is -0.0929. The molecule has 2 fully saturated rings. The van der Waals surface area contributed by atoms with Crippen LogP contribution in [0.15, 0.2) is 94.1 Å². The van der Waals surface area contributed by atoms with Crippen LogP contribution in [0, 0.1) is 6.92 Å². The summed E-state index contributed by atoms with van der Waals surface area (Å²) in [6.45, 7) is 24.6. The zero-order valence-electron chi connectivity index (χ0n) is 29.2. The van der Waals surface area contributed by atoms with E-state index in [0.29, 0.717) is 6.04 Å². The molecule has 6 nitrogen and oxygen atoms in total. The van der Waals surface area contributed by atoms with Crippen LogP contribution in [0.2, 0.25) is 0 Å². The third-order valence-electron chi connectivity index (χ3n) is 9.39. The zero-order chi connectivity index (χ0) is 32.7.